The van der Waals surface area contributed by atoms with E-state index in [0.717, 1.165) is 24.6 Å². The SMILES string of the molecule is Cc1cccc(N(C)C2CCCNCC2)n1. The average molecular weight is 219 g/mol. The summed E-state index contributed by atoms with van der Waals surface area (Å²) in [5.41, 5.74) is 1.09. The molecular formula is C13H21N3. The van der Waals surface area contributed by atoms with Crippen LogP contribution in [0.1, 0.15) is 25.0 Å². The number of hydrogen-bond donors (Lipinski definition) is 1. The van der Waals surface area contributed by atoms with Crippen LogP contribution in [0.25, 0.3) is 0 Å². The highest BCUT2D eigenvalue weighted by molar-refractivity contribution is 5.39. The van der Waals surface area contributed by atoms with Crippen molar-refractivity contribution in [3.05, 3.63) is 23.9 Å². The van der Waals surface area contributed by atoms with Gasteiger partial charge < -0.3 is 10.2 Å². The fraction of sp³-hybridized carbons (Fsp3) is 0.615. The molecule has 1 fully saturated rings. The van der Waals surface area contributed by atoms with E-state index in [2.05, 4.69) is 34.4 Å². The van der Waals surface area contributed by atoms with E-state index in [-0.39, 0.29) is 0 Å². The van der Waals surface area contributed by atoms with E-state index < -0.39 is 0 Å². The van der Waals surface area contributed by atoms with Crippen molar-refractivity contribution in [2.24, 2.45) is 0 Å². The summed E-state index contributed by atoms with van der Waals surface area (Å²) in [5.74, 6) is 1.10. The number of aromatic nitrogens is 1. The van der Waals surface area contributed by atoms with Gasteiger partial charge in [-0.05, 0) is 51.4 Å². The second kappa shape index (κ2) is 5.30. The first-order chi connectivity index (χ1) is 7.77. The largest absolute Gasteiger partial charge is 0.357 e. The highest BCUT2D eigenvalue weighted by Crippen LogP contribution is 2.18. The van der Waals surface area contributed by atoms with E-state index in [9.17, 15) is 0 Å². The van der Waals surface area contributed by atoms with Gasteiger partial charge in [-0.25, -0.2) is 4.98 Å². The number of aryl methyl sites for hydroxylation is 1. The molecule has 1 aromatic rings. The van der Waals surface area contributed by atoms with Crippen LogP contribution >= 0.6 is 0 Å². The maximum Gasteiger partial charge on any atom is 0.128 e. The Morgan fingerprint density at radius 3 is 3.00 bits per heavy atom. The molecule has 2 rings (SSSR count). The van der Waals surface area contributed by atoms with E-state index in [1.54, 1.807) is 0 Å². The Morgan fingerprint density at radius 1 is 1.31 bits per heavy atom. The first-order valence-corrected chi connectivity index (χ1v) is 6.14. The average Bonchev–Trinajstić information content (AvgIpc) is 2.56. The Hall–Kier alpha value is -1.09. The van der Waals surface area contributed by atoms with E-state index in [1.807, 2.05) is 13.0 Å². The zero-order valence-corrected chi connectivity index (χ0v) is 10.2. The minimum Gasteiger partial charge on any atom is -0.357 e. The van der Waals surface area contributed by atoms with E-state index in [1.165, 1.54) is 19.3 Å². The van der Waals surface area contributed by atoms with Gasteiger partial charge in [0.05, 0.1) is 0 Å². The summed E-state index contributed by atoms with van der Waals surface area (Å²) in [4.78, 5) is 6.92. The monoisotopic (exact) mass is 219 g/mol. The minimum absolute atomic E-state index is 0.629. The van der Waals surface area contributed by atoms with Gasteiger partial charge in [-0.2, -0.15) is 0 Å². The summed E-state index contributed by atoms with van der Waals surface area (Å²) >= 11 is 0. The quantitative estimate of drug-likeness (QED) is 0.824. The summed E-state index contributed by atoms with van der Waals surface area (Å²) in [7, 11) is 2.16. The molecule has 1 saturated heterocycles. The Bertz CT molecular complexity index is 330. The van der Waals surface area contributed by atoms with Gasteiger partial charge in [0.15, 0.2) is 0 Å². The van der Waals surface area contributed by atoms with E-state index in [4.69, 9.17) is 0 Å². The molecular weight excluding hydrogens is 198 g/mol. The third kappa shape index (κ3) is 2.73. The predicted octanol–water partition coefficient (Wildman–Crippen LogP) is 1.97. The minimum atomic E-state index is 0.629. The molecule has 1 aromatic heterocycles. The third-order valence-electron chi connectivity index (χ3n) is 3.33. The predicted molar refractivity (Wildman–Crippen MR) is 67.9 cm³/mol. The first kappa shape index (κ1) is 11.4. The fourth-order valence-electron chi connectivity index (χ4n) is 2.30. The van der Waals surface area contributed by atoms with Crippen LogP contribution in [0, 0.1) is 6.92 Å². The highest BCUT2D eigenvalue weighted by Gasteiger charge is 2.17. The first-order valence-electron chi connectivity index (χ1n) is 6.14. The molecule has 0 aromatic carbocycles. The number of nitrogens with one attached hydrogen (secondary N) is 1. The Balaban J connectivity index is 2.07. The molecule has 1 N–H and O–H groups in total. The molecule has 3 nitrogen and oxygen atoms in total. The maximum atomic E-state index is 4.58. The van der Waals surface area contributed by atoms with Gasteiger partial charge in [-0.1, -0.05) is 6.07 Å². The molecule has 16 heavy (non-hydrogen) atoms. The third-order valence-corrected chi connectivity index (χ3v) is 3.33. The summed E-state index contributed by atoms with van der Waals surface area (Å²) in [6.07, 6.45) is 3.74. The van der Waals surface area contributed by atoms with Gasteiger partial charge in [0, 0.05) is 18.8 Å². The molecule has 1 unspecified atom stereocenters. The molecule has 0 aliphatic carbocycles. The van der Waals surface area contributed by atoms with Crippen LogP contribution in [0.5, 0.6) is 0 Å². The molecule has 0 spiro atoms. The maximum absolute atomic E-state index is 4.58. The molecule has 0 amide bonds. The van der Waals surface area contributed by atoms with Gasteiger partial charge >= 0.3 is 0 Å². The number of hydrogen-bond acceptors (Lipinski definition) is 3. The Kier molecular flexibility index (Phi) is 3.78. The van der Waals surface area contributed by atoms with Crippen molar-refractivity contribution in [1.82, 2.24) is 10.3 Å². The number of rotatable bonds is 2. The zero-order chi connectivity index (χ0) is 11.4. The number of nitrogens with zero attached hydrogens (tertiary/aromatic N) is 2. The van der Waals surface area contributed by atoms with Crippen LogP contribution in [-0.2, 0) is 0 Å². The molecule has 0 saturated carbocycles. The van der Waals surface area contributed by atoms with Crippen molar-refractivity contribution in [2.45, 2.75) is 32.2 Å². The molecule has 88 valence electrons. The topological polar surface area (TPSA) is 28.2 Å². The van der Waals surface area contributed by atoms with Crippen molar-refractivity contribution >= 4 is 5.82 Å². The summed E-state index contributed by atoms with van der Waals surface area (Å²) in [6, 6.07) is 6.87. The van der Waals surface area contributed by atoms with Crippen LogP contribution in [0.4, 0.5) is 5.82 Å². The summed E-state index contributed by atoms with van der Waals surface area (Å²) < 4.78 is 0. The van der Waals surface area contributed by atoms with Crippen molar-refractivity contribution in [3.8, 4) is 0 Å². The lowest BCUT2D eigenvalue weighted by molar-refractivity contribution is 0.562. The Labute approximate surface area is 97.9 Å². The van der Waals surface area contributed by atoms with Crippen LogP contribution in [-0.4, -0.2) is 31.2 Å². The Morgan fingerprint density at radius 2 is 2.19 bits per heavy atom. The zero-order valence-electron chi connectivity index (χ0n) is 10.2. The molecule has 1 aliphatic rings. The second-order valence-electron chi connectivity index (χ2n) is 4.58. The molecule has 2 heterocycles. The standard InChI is InChI=1S/C13H21N3/c1-11-5-3-7-13(15-11)16(2)12-6-4-9-14-10-8-12/h3,5,7,12,14H,4,6,8-10H2,1-2H3. The summed E-state index contributed by atoms with van der Waals surface area (Å²) in [5, 5.41) is 3.45. The number of pyridine rings is 1. The second-order valence-corrected chi connectivity index (χ2v) is 4.58. The molecule has 1 aliphatic heterocycles. The van der Waals surface area contributed by atoms with Gasteiger partial charge in [0.25, 0.3) is 0 Å². The van der Waals surface area contributed by atoms with Crippen molar-refractivity contribution in [3.63, 3.8) is 0 Å². The van der Waals surface area contributed by atoms with Gasteiger partial charge in [-0.3, -0.25) is 0 Å². The lowest BCUT2D eigenvalue weighted by atomic mass is 10.1. The lowest BCUT2D eigenvalue weighted by Gasteiger charge is -2.28. The normalized spacial score (nSPS) is 21.5. The summed E-state index contributed by atoms with van der Waals surface area (Å²) in [6.45, 7) is 4.33. The smallest absolute Gasteiger partial charge is 0.128 e. The van der Waals surface area contributed by atoms with E-state index in [0.29, 0.717) is 6.04 Å². The fourth-order valence-corrected chi connectivity index (χ4v) is 2.30. The van der Waals surface area contributed by atoms with E-state index >= 15 is 0 Å². The van der Waals surface area contributed by atoms with Crippen molar-refractivity contribution < 1.29 is 0 Å². The van der Waals surface area contributed by atoms with Crippen molar-refractivity contribution in [1.29, 1.82) is 0 Å². The van der Waals surface area contributed by atoms with Crippen LogP contribution in [0.2, 0.25) is 0 Å². The van der Waals surface area contributed by atoms with Gasteiger partial charge in [0.2, 0.25) is 0 Å². The molecule has 0 bridgehead atoms. The molecule has 1 atom stereocenters. The van der Waals surface area contributed by atoms with Crippen LogP contribution in [0.3, 0.4) is 0 Å². The van der Waals surface area contributed by atoms with Crippen molar-refractivity contribution in [2.75, 3.05) is 25.0 Å². The van der Waals surface area contributed by atoms with Gasteiger partial charge in [-0.15, -0.1) is 0 Å². The number of anilines is 1. The molecule has 0 radical (unpaired) electrons. The van der Waals surface area contributed by atoms with Crippen LogP contribution < -0.4 is 10.2 Å². The highest BCUT2D eigenvalue weighted by atomic mass is 15.2. The van der Waals surface area contributed by atoms with Crippen LogP contribution in [0.15, 0.2) is 18.2 Å². The van der Waals surface area contributed by atoms with Gasteiger partial charge in [0.1, 0.15) is 5.82 Å². The lowest BCUT2D eigenvalue weighted by Crippen LogP contribution is -2.33. The molecule has 3 heteroatoms.